The predicted octanol–water partition coefficient (Wildman–Crippen LogP) is 1.47. The fourth-order valence-electron chi connectivity index (χ4n) is 1.86. The Morgan fingerprint density at radius 2 is 1.88 bits per heavy atom. The van der Waals surface area contributed by atoms with Crippen molar-refractivity contribution in [1.82, 2.24) is 9.80 Å². The molecule has 1 atom stereocenters. The van der Waals surface area contributed by atoms with E-state index >= 15 is 0 Å². The second-order valence-corrected chi connectivity index (χ2v) is 5.56. The monoisotopic (exact) mass is 242 g/mol. The van der Waals surface area contributed by atoms with Crippen LogP contribution >= 0.6 is 0 Å². The quantitative estimate of drug-likeness (QED) is 0.699. The molecule has 5 heteroatoms. The summed E-state index contributed by atoms with van der Waals surface area (Å²) >= 11 is 0. The minimum Gasteiger partial charge on any atom is -0.444 e. The second kappa shape index (κ2) is 4.94. The molecule has 0 aromatic heterocycles. The van der Waals surface area contributed by atoms with Gasteiger partial charge in [0.25, 0.3) is 0 Å². The van der Waals surface area contributed by atoms with Gasteiger partial charge in [-0.3, -0.25) is 9.69 Å². The fraction of sp³-hybridized carbons (Fsp3) is 0.833. The van der Waals surface area contributed by atoms with Crippen LogP contribution in [0.1, 0.15) is 33.6 Å². The third-order valence-electron chi connectivity index (χ3n) is 2.61. The van der Waals surface area contributed by atoms with Gasteiger partial charge in [0.05, 0.1) is 0 Å². The number of ether oxygens (including phenoxy) is 1. The summed E-state index contributed by atoms with van der Waals surface area (Å²) in [4.78, 5) is 26.9. The van der Waals surface area contributed by atoms with Crippen molar-refractivity contribution in [3.63, 3.8) is 0 Å². The third kappa shape index (κ3) is 3.61. The van der Waals surface area contributed by atoms with Gasteiger partial charge in [-0.1, -0.05) is 0 Å². The molecule has 0 aliphatic carbocycles. The lowest BCUT2D eigenvalue weighted by atomic mass is 10.2. The van der Waals surface area contributed by atoms with Gasteiger partial charge in [0, 0.05) is 20.6 Å². The van der Waals surface area contributed by atoms with Crippen molar-refractivity contribution in [2.45, 2.75) is 45.3 Å². The van der Waals surface area contributed by atoms with E-state index in [9.17, 15) is 9.59 Å². The summed E-state index contributed by atoms with van der Waals surface area (Å²) in [6.07, 6.45) is 1.18. The van der Waals surface area contributed by atoms with E-state index in [-0.39, 0.29) is 11.9 Å². The largest absolute Gasteiger partial charge is 0.444 e. The third-order valence-corrected chi connectivity index (χ3v) is 2.61. The van der Waals surface area contributed by atoms with Crippen molar-refractivity contribution in [3.8, 4) is 0 Å². The van der Waals surface area contributed by atoms with Crippen LogP contribution in [-0.4, -0.2) is 54.1 Å². The molecular weight excluding hydrogens is 220 g/mol. The first kappa shape index (κ1) is 13.8. The average molecular weight is 242 g/mol. The average Bonchev–Trinajstić information content (AvgIpc) is 2.61. The maximum Gasteiger partial charge on any atom is 0.410 e. The van der Waals surface area contributed by atoms with E-state index in [1.807, 2.05) is 20.8 Å². The predicted molar refractivity (Wildman–Crippen MR) is 64.7 cm³/mol. The molecule has 1 rings (SSSR count). The minimum absolute atomic E-state index is 0.0339. The summed E-state index contributed by atoms with van der Waals surface area (Å²) in [5, 5.41) is 0. The topological polar surface area (TPSA) is 49.9 Å². The van der Waals surface area contributed by atoms with Gasteiger partial charge in [0.15, 0.2) is 0 Å². The van der Waals surface area contributed by atoms with E-state index in [1.165, 1.54) is 9.80 Å². The Kier molecular flexibility index (Phi) is 4.01. The summed E-state index contributed by atoms with van der Waals surface area (Å²) in [7, 11) is 3.40. The lowest BCUT2D eigenvalue weighted by Gasteiger charge is -2.29. The molecule has 0 radical (unpaired) electrons. The van der Waals surface area contributed by atoms with Crippen LogP contribution in [-0.2, 0) is 9.53 Å². The van der Waals surface area contributed by atoms with Gasteiger partial charge in [-0.15, -0.1) is 0 Å². The molecule has 0 aromatic carbocycles. The second-order valence-electron chi connectivity index (χ2n) is 5.56. The molecule has 5 nitrogen and oxygen atoms in total. The van der Waals surface area contributed by atoms with E-state index in [2.05, 4.69) is 0 Å². The summed E-state index contributed by atoms with van der Waals surface area (Å²) in [6, 6.07) is -0.361. The van der Waals surface area contributed by atoms with Crippen LogP contribution in [0.15, 0.2) is 0 Å². The van der Waals surface area contributed by atoms with Crippen LogP contribution in [0.3, 0.4) is 0 Å². The summed E-state index contributed by atoms with van der Waals surface area (Å²) in [6.45, 7) is 6.07. The van der Waals surface area contributed by atoms with Crippen LogP contribution in [0.4, 0.5) is 4.79 Å². The smallest absolute Gasteiger partial charge is 0.410 e. The Morgan fingerprint density at radius 1 is 1.29 bits per heavy atom. The van der Waals surface area contributed by atoms with E-state index in [1.54, 1.807) is 14.1 Å². The first-order valence-electron chi connectivity index (χ1n) is 5.93. The highest BCUT2D eigenvalue weighted by atomic mass is 16.6. The van der Waals surface area contributed by atoms with E-state index in [4.69, 9.17) is 4.74 Å². The highest BCUT2D eigenvalue weighted by Crippen LogP contribution is 2.21. The van der Waals surface area contributed by atoms with Crippen molar-refractivity contribution in [2.24, 2.45) is 0 Å². The van der Waals surface area contributed by atoms with Gasteiger partial charge in [-0.05, 0) is 33.6 Å². The highest BCUT2D eigenvalue weighted by molar-refractivity contribution is 5.86. The zero-order chi connectivity index (χ0) is 13.2. The van der Waals surface area contributed by atoms with Gasteiger partial charge < -0.3 is 9.64 Å². The molecule has 98 valence electrons. The van der Waals surface area contributed by atoms with Gasteiger partial charge in [0.1, 0.15) is 11.6 Å². The van der Waals surface area contributed by atoms with Crippen LogP contribution in [0, 0.1) is 0 Å². The molecular formula is C12H22N2O3. The zero-order valence-electron chi connectivity index (χ0n) is 11.3. The van der Waals surface area contributed by atoms with Crippen molar-refractivity contribution in [1.29, 1.82) is 0 Å². The molecule has 1 saturated heterocycles. The SMILES string of the molecule is CN(C)C(=O)C1CCCN1C(=O)OC(C)(C)C. The number of carbonyl (C=O) groups excluding carboxylic acids is 2. The Bertz CT molecular complexity index is 307. The van der Waals surface area contributed by atoms with Crippen molar-refractivity contribution in [3.05, 3.63) is 0 Å². The lowest BCUT2D eigenvalue weighted by molar-refractivity contribution is -0.133. The molecule has 1 fully saturated rings. The Morgan fingerprint density at radius 3 is 2.35 bits per heavy atom. The van der Waals surface area contributed by atoms with Crippen molar-refractivity contribution in [2.75, 3.05) is 20.6 Å². The zero-order valence-corrected chi connectivity index (χ0v) is 11.3. The molecule has 0 saturated carbocycles. The van der Waals surface area contributed by atoms with Crippen molar-refractivity contribution < 1.29 is 14.3 Å². The maximum atomic E-state index is 11.9. The Hall–Kier alpha value is -1.26. The van der Waals surface area contributed by atoms with Crippen LogP contribution in [0.5, 0.6) is 0 Å². The molecule has 1 heterocycles. The molecule has 2 amide bonds. The molecule has 1 unspecified atom stereocenters. The maximum absolute atomic E-state index is 11.9. The van der Waals surface area contributed by atoms with Crippen LogP contribution < -0.4 is 0 Å². The Labute approximate surface area is 103 Å². The molecule has 1 aliphatic heterocycles. The number of hydrogen-bond donors (Lipinski definition) is 0. The van der Waals surface area contributed by atoms with E-state index in [0.717, 1.165) is 12.8 Å². The lowest BCUT2D eigenvalue weighted by Crippen LogP contribution is -2.47. The highest BCUT2D eigenvalue weighted by Gasteiger charge is 2.37. The number of likely N-dealkylation sites (N-methyl/N-ethyl adjacent to an activating group) is 1. The molecule has 0 spiro atoms. The molecule has 17 heavy (non-hydrogen) atoms. The normalized spacial score (nSPS) is 20.3. The molecule has 0 bridgehead atoms. The van der Waals surface area contributed by atoms with Gasteiger partial charge in [0.2, 0.25) is 5.91 Å². The summed E-state index contributed by atoms with van der Waals surface area (Å²) in [5.41, 5.74) is -0.522. The Balaban J connectivity index is 2.70. The standard InChI is InChI=1S/C12H22N2O3/c1-12(2,3)17-11(16)14-8-6-7-9(14)10(15)13(4)5/h9H,6-8H2,1-5H3. The van der Waals surface area contributed by atoms with Crippen LogP contribution in [0.2, 0.25) is 0 Å². The number of rotatable bonds is 1. The van der Waals surface area contributed by atoms with Crippen LogP contribution in [0.25, 0.3) is 0 Å². The number of carbonyl (C=O) groups is 2. The fourth-order valence-corrected chi connectivity index (χ4v) is 1.86. The van der Waals surface area contributed by atoms with E-state index in [0.29, 0.717) is 6.54 Å². The summed E-state index contributed by atoms with van der Waals surface area (Å²) in [5.74, 6) is -0.0339. The number of likely N-dealkylation sites (tertiary alicyclic amines) is 1. The number of nitrogens with zero attached hydrogens (tertiary/aromatic N) is 2. The van der Waals surface area contributed by atoms with Gasteiger partial charge >= 0.3 is 6.09 Å². The minimum atomic E-state index is -0.522. The van der Waals surface area contributed by atoms with Crippen molar-refractivity contribution >= 4 is 12.0 Å². The number of hydrogen-bond acceptors (Lipinski definition) is 3. The van der Waals surface area contributed by atoms with Gasteiger partial charge in [-0.25, -0.2) is 4.79 Å². The first-order valence-corrected chi connectivity index (χ1v) is 5.93. The first-order chi connectivity index (χ1) is 7.72. The molecule has 1 aliphatic rings. The summed E-state index contributed by atoms with van der Waals surface area (Å²) < 4.78 is 5.30. The van der Waals surface area contributed by atoms with E-state index < -0.39 is 11.7 Å². The molecule has 0 aromatic rings. The number of amides is 2. The van der Waals surface area contributed by atoms with Gasteiger partial charge in [-0.2, -0.15) is 0 Å². The molecule has 0 N–H and O–H groups in total.